The Morgan fingerprint density at radius 2 is 1.70 bits per heavy atom. The van der Waals surface area contributed by atoms with Gasteiger partial charge in [0, 0.05) is 13.1 Å². The summed E-state index contributed by atoms with van der Waals surface area (Å²) in [4.78, 5) is 27.6. The summed E-state index contributed by atoms with van der Waals surface area (Å²) in [7, 11) is -3.87. The monoisotopic (exact) mass is 513 g/mol. The van der Waals surface area contributed by atoms with Crippen LogP contribution in [0.5, 0.6) is 0 Å². The van der Waals surface area contributed by atoms with Crippen LogP contribution in [-0.4, -0.2) is 57.1 Å². The van der Waals surface area contributed by atoms with Crippen molar-refractivity contribution in [3.63, 3.8) is 0 Å². The zero-order valence-corrected chi connectivity index (χ0v) is 21.3. The summed E-state index contributed by atoms with van der Waals surface area (Å²) in [6.07, 6.45) is 1.88. The molecule has 10 heteroatoms. The molecule has 0 aromatic heterocycles. The molecule has 1 N–H and O–H groups in total. The average Bonchev–Trinajstić information content (AvgIpc) is 2.77. The van der Waals surface area contributed by atoms with Crippen molar-refractivity contribution >= 4 is 50.7 Å². The van der Waals surface area contributed by atoms with Gasteiger partial charge in [-0.25, -0.2) is 8.42 Å². The van der Waals surface area contributed by atoms with Crippen LogP contribution in [0.1, 0.15) is 25.8 Å². The van der Waals surface area contributed by atoms with Gasteiger partial charge in [0.15, 0.2) is 0 Å². The highest BCUT2D eigenvalue weighted by atomic mass is 35.5. The van der Waals surface area contributed by atoms with Crippen molar-refractivity contribution in [3.05, 3.63) is 64.1 Å². The summed E-state index contributed by atoms with van der Waals surface area (Å²) < 4.78 is 26.1. The molecule has 2 rings (SSSR count). The maximum Gasteiger partial charge on any atom is 0.244 e. The average molecular weight is 514 g/mol. The number of benzene rings is 2. The third-order valence-corrected chi connectivity index (χ3v) is 7.04. The van der Waals surface area contributed by atoms with Gasteiger partial charge in [-0.05, 0) is 37.5 Å². The number of rotatable bonds is 11. The largest absolute Gasteiger partial charge is 0.355 e. The number of amides is 2. The van der Waals surface area contributed by atoms with E-state index in [4.69, 9.17) is 23.2 Å². The highest BCUT2D eigenvalue weighted by molar-refractivity contribution is 7.92. The van der Waals surface area contributed by atoms with Crippen molar-refractivity contribution in [1.82, 2.24) is 10.2 Å². The summed E-state index contributed by atoms with van der Waals surface area (Å²) in [6.45, 7) is 3.77. The molecule has 2 amide bonds. The molecule has 0 spiro atoms. The molecule has 0 radical (unpaired) electrons. The van der Waals surface area contributed by atoms with Crippen LogP contribution in [0.15, 0.2) is 48.5 Å². The Kier molecular flexibility index (Phi) is 10.0. The van der Waals surface area contributed by atoms with Crippen LogP contribution in [-0.2, 0) is 26.0 Å². The summed E-state index contributed by atoms with van der Waals surface area (Å²) >= 11 is 12.3. The van der Waals surface area contributed by atoms with Crippen molar-refractivity contribution < 1.29 is 18.0 Å². The second kappa shape index (κ2) is 12.3. The molecule has 0 saturated heterocycles. The van der Waals surface area contributed by atoms with E-state index in [0.29, 0.717) is 19.4 Å². The maximum atomic E-state index is 13.5. The predicted molar refractivity (Wildman–Crippen MR) is 133 cm³/mol. The fraction of sp³-hybridized carbons (Fsp3) is 0.391. The number of halogens is 2. The molecule has 180 valence electrons. The van der Waals surface area contributed by atoms with Gasteiger partial charge in [-0.3, -0.25) is 13.9 Å². The van der Waals surface area contributed by atoms with Crippen molar-refractivity contribution in [2.24, 2.45) is 0 Å². The first-order chi connectivity index (χ1) is 15.6. The highest BCUT2D eigenvalue weighted by Gasteiger charge is 2.32. The van der Waals surface area contributed by atoms with Gasteiger partial charge in [0.05, 0.1) is 22.0 Å². The predicted octanol–water partition coefficient (Wildman–Crippen LogP) is 3.75. The number of carbonyl (C=O) groups is 2. The molecule has 0 fully saturated rings. The molecule has 1 atom stereocenters. The van der Waals surface area contributed by atoms with Crippen molar-refractivity contribution in [1.29, 1.82) is 0 Å². The number of sulfonamides is 1. The lowest BCUT2D eigenvalue weighted by molar-refractivity contribution is -0.139. The van der Waals surface area contributed by atoms with Gasteiger partial charge in [-0.1, -0.05) is 66.5 Å². The van der Waals surface area contributed by atoms with E-state index in [1.165, 1.54) is 17.0 Å². The second-order valence-electron chi connectivity index (χ2n) is 7.48. The number of likely N-dealkylation sites (N-methyl/N-ethyl adjacent to an activating group) is 1. The van der Waals surface area contributed by atoms with Crippen LogP contribution in [0.4, 0.5) is 5.69 Å². The molecule has 2 aromatic carbocycles. The molecule has 0 saturated carbocycles. The summed E-state index contributed by atoms with van der Waals surface area (Å²) in [5.74, 6) is -0.793. The molecule has 1 unspecified atom stereocenters. The highest BCUT2D eigenvalue weighted by Crippen LogP contribution is 2.33. The van der Waals surface area contributed by atoms with Gasteiger partial charge in [0.2, 0.25) is 21.8 Å². The molecular formula is C23H29Cl2N3O4S. The van der Waals surface area contributed by atoms with Gasteiger partial charge in [0.25, 0.3) is 0 Å². The minimum Gasteiger partial charge on any atom is -0.355 e. The first-order valence-electron chi connectivity index (χ1n) is 10.6. The molecule has 0 aliphatic carbocycles. The fourth-order valence-electron chi connectivity index (χ4n) is 3.47. The molecular weight excluding hydrogens is 485 g/mol. The normalized spacial score (nSPS) is 12.2. The zero-order valence-electron chi connectivity index (χ0n) is 18.9. The van der Waals surface area contributed by atoms with Gasteiger partial charge < -0.3 is 10.2 Å². The Morgan fingerprint density at radius 1 is 1.03 bits per heavy atom. The lowest BCUT2D eigenvalue weighted by Crippen LogP contribution is -2.53. The summed E-state index contributed by atoms with van der Waals surface area (Å²) in [5.41, 5.74) is 1.10. The Bertz CT molecular complexity index is 1060. The summed E-state index contributed by atoms with van der Waals surface area (Å²) in [6, 6.07) is 13.4. The van der Waals surface area contributed by atoms with Crippen LogP contribution in [0.25, 0.3) is 0 Å². The Balaban J connectivity index is 2.39. The number of nitrogens with zero attached hydrogens (tertiary/aromatic N) is 2. The number of carbonyl (C=O) groups excluding carboxylic acids is 2. The minimum absolute atomic E-state index is 0.0315. The molecule has 0 bridgehead atoms. The van der Waals surface area contributed by atoms with Crippen molar-refractivity contribution in [2.45, 2.75) is 32.7 Å². The quantitative estimate of drug-likeness (QED) is 0.495. The van der Waals surface area contributed by atoms with Crippen LogP contribution in [0.2, 0.25) is 10.0 Å². The molecule has 0 aliphatic heterocycles. The first-order valence-corrected chi connectivity index (χ1v) is 13.2. The summed E-state index contributed by atoms with van der Waals surface area (Å²) in [5, 5.41) is 2.96. The standard InChI is InChI=1S/C23H29Cl2N3O4S/c1-4-19(23(30)26-5-2)27(15-14-17-10-7-6-8-11-17)21(29)16-28(33(3,31)32)20-13-9-12-18(24)22(20)25/h6-13,19H,4-5,14-16H2,1-3H3,(H,26,30). The minimum atomic E-state index is -3.87. The van der Waals surface area contributed by atoms with E-state index in [1.54, 1.807) is 13.0 Å². The lowest BCUT2D eigenvalue weighted by atomic mass is 10.1. The van der Waals surface area contributed by atoms with E-state index in [0.717, 1.165) is 16.1 Å². The van der Waals surface area contributed by atoms with Crippen molar-refractivity contribution in [3.8, 4) is 0 Å². The van der Waals surface area contributed by atoms with Gasteiger partial charge in [-0.15, -0.1) is 0 Å². The number of nitrogens with one attached hydrogen (secondary N) is 1. The fourth-order valence-corrected chi connectivity index (χ4v) is 4.77. The molecule has 7 nitrogen and oxygen atoms in total. The number of hydrogen-bond acceptors (Lipinski definition) is 4. The van der Waals surface area contributed by atoms with Gasteiger partial charge in [0.1, 0.15) is 12.6 Å². The SMILES string of the molecule is CCNC(=O)C(CC)N(CCc1ccccc1)C(=O)CN(c1cccc(Cl)c1Cl)S(C)(=O)=O. The van der Waals surface area contributed by atoms with Crippen LogP contribution < -0.4 is 9.62 Å². The Morgan fingerprint density at radius 3 is 2.27 bits per heavy atom. The topological polar surface area (TPSA) is 86.8 Å². The van der Waals surface area contributed by atoms with Crippen LogP contribution >= 0.6 is 23.2 Å². The van der Waals surface area contributed by atoms with E-state index < -0.39 is 28.5 Å². The molecule has 2 aromatic rings. The van der Waals surface area contributed by atoms with Crippen LogP contribution in [0.3, 0.4) is 0 Å². The molecule has 33 heavy (non-hydrogen) atoms. The first kappa shape index (κ1) is 27.0. The third-order valence-electron chi connectivity index (χ3n) is 5.10. The van der Waals surface area contributed by atoms with E-state index in [1.807, 2.05) is 37.3 Å². The maximum absolute atomic E-state index is 13.5. The van der Waals surface area contributed by atoms with E-state index in [9.17, 15) is 18.0 Å². The smallest absolute Gasteiger partial charge is 0.244 e. The van der Waals surface area contributed by atoms with E-state index in [-0.39, 0.29) is 28.2 Å². The number of anilines is 1. The second-order valence-corrected chi connectivity index (χ2v) is 10.2. The molecule has 0 aliphatic rings. The number of hydrogen-bond donors (Lipinski definition) is 1. The Hall–Kier alpha value is -2.29. The third kappa shape index (κ3) is 7.35. The Labute approximate surface area is 205 Å². The van der Waals surface area contributed by atoms with E-state index in [2.05, 4.69) is 5.32 Å². The van der Waals surface area contributed by atoms with Gasteiger partial charge in [-0.2, -0.15) is 0 Å². The van der Waals surface area contributed by atoms with Crippen molar-refractivity contribution in [2.75, 3.05) is 30.2 Å². The van der Waals surface area contributed by atoms with Gasteiger partial charge >= 0.3 is 0 Å². The zero-order chi connectivity index (χ0) is 24.6. The van der Waals surface area contributed by atoms with E-state index >= 15 is 0 Å². The lowest BCUT2D eigenvalue weighted by Gasteiger charge is -2.33. The molecule has 0 heterocycles. The van der Waals surface area contributed by atoms with Crippen LogP contribution in [0, 0.1) is 0 Å².